The number of rotatable bonds is 4. The first-order valence-electron chi connectivity index (χ1n) is 9.77. The molecule has 0 unspecified atom stereocenters. The van der Waals surface area contributed by atoms with Gasteiger partial charge < -0.3 is 4.90 Å². The molecular weight excluding hydrogens is 366 g/mol. The van der Waals surface area contributed by atoms with Crippen molar-refractivity contribution in [2.45, 2.75) is 27.4 Å². The van der Waals surface area contributed by atoms with E-state index >= 15 is 0 Å². The molecule has 6 heteroatoms. The first-order chi connectivity index (χ1) is 13.5. The van der Waals surface area contributed by atoms with E-state index in [-0.39, 0.29) is 0 Å². The standard InChI is InChI=1S/C22H27N5S/c1-17-5-4-6-20(14-17)25-11-9-24(10-12-25)16-27-22(28)26(15-23-27)21-8-7-18(2)13-19(21)3/h4-8,13-15H,9-12,16H2,1-3H3. The van der Waals surface area contributed by atoms with Crippen molar-refractivity contribution < 1.29 is 0 Å². The molecule has 0 N–H and O–H groups in total. The lowest BCUT2D eigenvalue weighted by Gasteiger charge is -2.36. The van der Waals surface area contributed by atoms with Crippen molar-refractivity contribution in [2.75, 3.05) is 31.1 Å². The molecule has 5 nitrogen and oxygen atoms in total. The molecule has 4 rings (SSSR count). The van der Waals surface area contributed by atoms with Gasteiger partial charge in [0.15, 0.2) is 0 Å². The van der Waals surface area contributed by atoms with E-state index in [1.54, 1.807) is 0 Å². The monoisotopic (exact) mass is 393 g/mol. The molecular formula is C22H27N5S. The molecule has 0 saturated carbocycles. The average molecular weight is 394 g/mol. The van der Waals surface area contributed by atoms with Gasteiger partial charge in [0.05, 0.1) is 12.4 Å². The summed E-state index contributed by atoms with van der Waals surface area (Å²) in [4.78, 5) is 4.87. The predicted octanol–water partition coefficient (Wildman–Crippen LogP) is 4.11. The van der Waals surface area contributed by atoms with E-state index in [2.05, 4.69) is 78.1 Å². The number of hydrogen-bond acceptors (Lipinski definition) is 4. The molecule has 3 aromatic rings. The summed E-state index contributed by atoms with van der Waals surface area (Å²) in [6.45, 7) is 11.2. The summed E-state index contributed by atoms with van der Waals surface area (Å²) in [7, 11) is 0. The third-order valence-electron chi connectivity index (χ3n) is 5.42. The largest absolute Gasteiger partial charge is 0.369 e. The molecule has 28 heavy (non-hydrogen) atoms. The summed E-state index contributed by atoms with van der Waals surface area (Å²) in [5.41, 5.74) is 6.19. The number of anilines is 1. The van der Waals surface area contributed by atoms with Crippen LogP contribution >= 0.6 is 12.2 Å². The van der Waals surface area contributed by atoms with Crippen LogP contribution in [0.4, 0.5) is 5.69 Å². The molecule has 0 aliphatic carbocycles. The van der Waals surface area contributed by atoms with Gasteiger partial charge in [0.25, 0.3) is 0 Å². The predicted molar refractivity (Wildman–Crippen MR) is 117 cm³/mol. The van der Waals surface area contributed by atoms with E-state index in [1.807, 2.05) is 15.6 Å². The highest BCUT2D eigenvalue weighted by Crippen LogP contribution is 2.19. The average Bonchev–Trinajstić information content (AvgIpc) is 3.03. The van der Waals surface area contributed by atoms with Gasteiger partial charge in [-0.3, -0.25) is 9.47 Å². The fourth-order valence-corrected chi connectivity index (χ4v) is 4.09. The minimum absolute atomic E-state index is 0.735. The SMILES string of the molecule is Cc1cccc(N2CCN(Cn3ncn(-c4ccc(C)cc4C)c3=S)CC2)c1. The zero-order valence-electron chi connectivity index (χ0n) is 16.8. The second-order valence-electron chi connectivity index (χ2n) is 7.66. The van der Waals surface area contributed by atoms with E-state index in [1.165, 1.54) is 22.4 Å². The van der Waals surface area contributed by atoms with Crippen molar-refractivity contribution >= 4 is 17.9 Å². The van der Waals surface area contributed by atoms with E-state index in [0.29, 0.717) is 0 Å². The Hall–Kier alpha value is -2.44. The number of piperazine rings is 1. The van der Waals surface area contributed by atoms with Gasteiger partial charge in [-0.2, -0.15) is 5.10 Å². The van der Waals surface area contributed by atoms with E-state index in [9.17, 15) is 0 Å². The molecule has 1 aliphatic rings. The van der Waals surface area contributed by atoms with E-state index < -0.39 is 0 Å². The molecule has 1 saturated heterocycles. The highest BCUT2D eigenvalue weighted by atomic mass is 32.1. The van der Waals surface area contributed by atoms with Gasteiger partial charge in [-0.15, -0.1) is 0 Å². The lowest BCUT2D eigenvalue weighted by atomic mass is 10.1. The van der Waals surface area contributed by atoms with Crippen LogP contribution in [0, 0.1) is 25.5 Å². The van der Waals surface area contributed by atoms with Crippen LogP contribution < -0.4 is 4.90 Å². The van der Waals surface area contributed by atoms with Crippen LogP contribution in [0.5, 0.6) is 0 Å². The van der Waals surface area contributed by atoms with Crippen molar-refractivity contribution in [3.8, 4) is 5.69 Å². The molecule has 1 fully saturated rings. The van der Waals surface area contributed by atoms with Gasteiger partial charge in [-0.25, -0.2) is 4.68 Å². The lowest BCUT2D eigenvalue weighted by molar-refractivity contribution is 0.194. The molecule has 0 bridgehead atoms. The first kappa shape index (κ1) is 18.9. The van der Waals surface area contributed by atoms with Gasteiger partial charge in [-0.05, 0) is 62.3 Å². The van der Waals surface area contributed by atoms with Gasteiger partial charge in [0, 0.05) is 31.9 Å². The van der Waals surface area contributed by atoms with Crippen molar-refractivity contribution in [2.24, 2.45) is 0 Å². The number of nitrogens with zero attached hydrogens (tertiary/aromatic N) is 5. The van der Waals surface area contributed by atoms with Gasteiger partial charge in [-0.1, -0.05) is 29.8 Å². The zero-order valence-corrected chi connectivity index (χ0v) is 17.6. The molecule has 0 spiro atoms. The normalized spacial score (nSPS) is 15.2. The fraction of sp³-hybridized carbons (Fsp3) is 0.364. The van der Waals surface area contributed by atoms with Crippen molar-refractivity contribution in [3.63, 3.8) is 0 Å². The summed E-state index contributed by atoms with van der Waals surface area (Å²) in [6.07, 6.45) is 1.84. The summed E-state index contributed by atoms with van der Waals surface area (Å²) in [6, 6.07) is 15.2. The van der Waals surface area contributed by atoms with Gasteiger partial charge in [0.2, 0.25) is 4.77 Å². The van der Waals surface area contributed by atoms with Crippen LogP contribution in [0.15, 0.2) is 48.8 Å². The first-order valence-corrected chi connectivity index (χ1v) is 10.2. The Balaban J connectivity index is 1.43. The quantitative estimate of drug-likeness (QED) is 0.624. The molecule has 1 aromatic heterocycles. The second kappa shape index (κ2) is 7.89. The maximum Gasteiger partial charge on any atom is 0.203 e. The van der Waals surface area contributed by atoms with Crippen LogP contribution in [0.25, 0.3) is 5.69 Å². The van der Waals surface area contributed by atoms with Crippen LogP contribution in [0.1, 0.15) is 16.7 Å². The summed E-state index contributed by atoms with van der Waals surface area (Å²) in [5, 5.41) is 4.56. The molecule has 2 heterocycles. The summed E-state index contributed by atoms with van der Waals surface area (Å²) >= 11 is 5.71. The van der Waals surface area contributed by atoms with Gasteiger partial charge in [0.1, 0.15) is 6.33 Å². The smallest absolute Gasteiger partial charge is 0.203 e. The summed E-state index contributed by atoms with van der Waals surface area (Å²) in [5.74, 6) is 0. The molecule has 2 aromatic carbocycles. The highest BCUT2D eigenvalue weighted by Gasteiger charge is 2.18. The van der Waals surface area contributed by atoms with Crippen LogP contribution in [0.2, 0.25) is 0 Å². The summed E-state index contributed by atoms with van der Waals surface area (Å²) < 4.78 is 4.68. The lowest BCUT2D eigenvalue weighted by Crippen LogP contribution is -2.47. The Morgan fingerprint density at radius 1 is 0.929 bits per heavy atom. The topological polar surface area (TPSA) is 29.2 Å². The third kappa shape index (κ3) is 3.88. The Labute approximate surface area is 171 Å². The molecule has 1 aliphatic heterocycles. The van der Waals surface area contributed by atoms with Crippen LogP contribution in [0.3, 0.4) is 0 Å². The second-order valence-corrected chi connectivity index (χ2v) is 8.02. The maximum atomic E-state index is 5.71. The molecule has 0 atom stereocenters. The molecule has 0 radical (unpaired) electrons. The molecule has 0 amide bonds. The van der Waals surface area contributed by atoms with Crippen LogP contribution in [-0.4, -0.2) is 45.4 Å². The molecule has 146 valence electrons. The zero-order chi connectivity index (χ0) is 19.7. The van der Waals surface area contributed by atoms with E-state index in [0.717, 1.165) is 43.3 Å². The van der Waals surface area contributed by atoms with Crippen LogP contribution in [-0.2, 0) is 6.67 Å². The fourth-order valence-electron chi connectivity index (χ4n) is 3.84. The van der Waals surface area contributed by atoms with Crippen molar-refractivity contribution in [1.82, 2.24) is 19.2 Å². The van der Waals surface area contributed by atoms with Gasteiger partial charge >= 0.3 is 0 Å². The number of hydrogen-bond donors (Lipinski definition) is 0. The maximum absolute atomic E-state index is 5.71. The highest BCUT2D eigenvalue weighted by molar-refractivity contribution is 7.71. The number of aryl methyl sites for hydroxylation is 3. The Bertz CT molecular complexity index is 1030. The Morgan fingerprint density at radius 3 is 2.39 bits per heavy atom. The number of benzene rings is 2. The minimum atomic E-state index is 0.735. The minimum Gasteiger partial charge on any atom is -0.369 e. The Kier molecular flexibility index (Phi) is 5.33. The Morgan fingerprint density at radius 2 is 1.68 bits per heavy atom. The van der Waals surface area contributed by atoms with Crippen molar-refractivity contribution in [3.05, 3.63) is 70.3 Å². The van der Waals surface area contributed by atoms with Crippen molar-refractivity contribution in [1.29, 1.82) is 0 Å². The third-order valence-corrected chi connectivity index (χ3v) is 5.83. The van der Waals surface area contributed by atoms with E-state index in [4.69, 9.17) is 12.2 Å². The number of aromatic nitrogens is 3.